The third kappa shape index (κ3) is 3.45. The normalized spacial score (nSPS) is 10.0. The lowest BCUT2D eigenvalue weighted by molar-refractivity contribution is 0.102. The highest BCUT2D eigenvalue weighted by molar-refractivity contribution is 6.05. The van der Waals surface area contributed by atoms with Crippen molar-refractivity contribution < 1.29 is 19.4 Å². The fourth-order valence-electron chi connectivity index (χ4n) is 1.98. The molecule has 2 aromatic carbocycles. The molecule has 0 aliphatic carbocycles. The summed E-state index contributed by atoms with van der Waals surface area (Å²) in [6, 6.07) is 9.74. The number of phenols is 1. The zero-order valence-electron chi connectivity index (χ0n) is 12.1. The Balaban J connectivity index is 2.26. The summed E-state index contributed by atoms with van der Waals surface area (Å²) < 4.78 is 10.3. The second-order valence-electron chi connectivity index (χ2n) is 4.55. The number of hydrogen-bond acceptors (Lipinski definition) is 4. The van der Waals surface area contributed by atoms with Gasteiger partial charge in [-0.1, -0.05) is 0 Å². The Morgan fingerprint density at radius 3 is 2.19 bits per heavy atom. The molecule has 0 unspecified atom stereocenters. The molecule has 0 aliphatic heterocycles. The summed E-state index contributed by atoms with van der Waals surface area (Å²) >= 11 is 0. The zero-order valence-corrected chi connectivity index (χ0v) is 12.1. The second-order valence-corrected chi connectivity index (χ2v) is 4.55. The third-order valence-corrected chi connectivity index (χ3v) is 3.06. The zero-order chi connectivity index (χ0) is 15.4. The van der Waals surface area contributed by atoms with Crippen molar-refractivity contribution in [1.29, 1.82) is 0 Å². The maximum atomic E-state index is 12.3. The highest BCUT2D eigenvalue weighted by atomic mass is 16.5. The molecule has 0 bridgehead atoms. The maximum absolute atomic E-state index is 12.3. The molecule has 0 saturated carbocycles. The van der Waals surface area contributed by atoms with Crippen molar-refractivity contribution in [2.75, 3.05) is 19.5 Å². The number of hydrogen-bond donors (Lipinski definition) is 2. The molecule has 0 radical (unpaired) electrons. The Morgan fingerprint density at radius 1 is 1.05 bits per heavy atom. The first kappa shape index (κ1) is 14.7. The van der Waals surface area contributed by atoms with Crippen LogP contribution in [0.4, 0.5) is 5.69 Å². The van der Waals surface area contributed by atoms with Gasteiger partial charge in [-0.3, -0.25) is 4.79 Å². The number of ether oxygens (including phenoxy) is 2. The van der Waals surface area contributed by atoms with E-state index < -0.39 is 0 Å². The number of carbonyl (C=O) groups excluding carboxylic acids is 1. The van der Waals surface area contributed by atoms with Crippen LogP contribution in [-0.2, 0) is 0 Å². The van der Waals surface area contributed by atoms with E-state index in [2.05, 4.69) is 5.32 Å². The average Bonchev–Trinajstić information content (AvgIpc) is 2.46. The summed E-state index contributed by atoms with van der Waals surface area (Å²) in [5.74, 6) is 1.05. The molecule has 1 amide bonds. The number of anilines is 1. The Hall–Kier alpha value is -2.69. The van der Waals surface area contributed by atoms with Crippen LogP contribution >= 0.6 is 0 Å². The standard InChI is InChI=1S/C16H17NO4/c1-10-6-12(18)4-5-15(10)16(19)17-11-7-13(20-2)9-14(8-11)21-3/h4-9,18H,1-3H3,(H,17,19). The van der Waals surface area contributed by atoms with E-state index in [0.717, 1.165) is 0 Å². The summed E-state index contributed by atoms with van der Waals surface area (Å²) in [4.78, 5) is 12.3. The largest absolute Gasteiger partial charge is 0.508 e. The van der Waals surface area contributed by atoms with Gasteiger partial charge in [0.2, 0.25) is 0 Å². The first-order valence-corrected chi connectivity index (χ1v) is 6.37. The van der Waals surface area contributed by atoms with Crippen LogP contribution in [0.2, 0.25) is 0 Å². The fourth-order valence-corrected chi connectivity index (χ4v) is 1.98. The highest BCUT2D eigenvalue weighted by Crippen LogP contribution is 2.26. The van der Waals surface area contributed by atoms with E-state index in [1.807, 2.05) is 0 Å². The average molecular weight is 287 g/mol. The maximum Gasteiger partial charge on any atom is 0.255 e. The van der Waals surface area contributed by atoms with Gasteiger partial charge in [0.05, 0.1) is 14.2 Å². The van der Waals surface area contributed by atoms with Gasteiger partial charge in [-0.15, -0.1) is 0 Å². The van der Waals surface area contributed by atoms with Gasteiger partial charge in [0.25, 0.3) is 5.91 Å². The number of aromatic hydroxyl groups is 1. The number of carbonyl (C=O) groups is 1. The summed E-state index contributed by atoms with van der Waals surface area (Å²) in [7, 11) is 3.09. The molecule has 2 N–H and O–H groups in total. The smallest absolute Gasteiger partial charge is 0.255 e. The number of rotatable bonds is 4. The van der Waals surface area contributed by atoms with Crippen LogP contribution in [0.5, 0.6) is 17.2 Å². The van der Waals surface area contributed by atoms with Gasteiger partial charge in [-0.25, -0.2) is 0 Å². The van der Waals surface area contributed by atoms with Crippen molar-refractivity contribution in [2.45, 2.75) is 6.92 Å². The van der Waals surface area contributed by atoms with Gasteiger partial charge in [0.1, 0.15) is 17.2 Å². The highest BCUT2D eigenvalue weighted by Gasteiger charge is 2.11. The van der Waals surface area contributed by atoms with Crippen molar-refractivity contribution in [2.24, 2.45) is 0 Å². The summed E-state index contributed by atoms with van der Waals surface area (Å²) in [6.45, 7) is 1.76. The van der Waals surface area contributed by atoms with Crippen LogP contribution in [0.25, 0.3) is 0 Å². The van der Waals surface area contributed by atoms with Gasteiger partial charge >= 0.3 is 0 Å². The number of nitrogens with one attached hydrogen (secondary N) is 1. The SMILES string of the molecule is COc1cc(NC(=O)c2ccc(O)cc2C)cc(OC)c1. The third-order valence-electron chi connectivity index (χ3n) is 3.06. The molecule has 0 saturated heterocycles. The lowest BCUT2D eigenvalue weighted by Gasteiger charge is -2.11. The quantitative estimate of drug-likeness (QED) is 0.907. The lowest BCUT2D eigenvalue weighted by atomic mass is 10.1. The van der Waals surface area contributed by atoms with E-state index in [0.29, 0.717) is 28.3 Å². The van der Waals surface area contributed by atoms with Crippen LogP contribution in [-0.4, -0.2) is 25.2 Å². The summed E-state index contributed by atoms with van der Waals surface area (Å²) in [5, 5.41) is 12.2. The molecule has 2 aromatic rings. The molecular weight excluding hydrogens is 270 g/mol. The summed E-state index contributed by atoms with van der Waals surface area (Å²) in [5.41, 5.74) is 1.76. The number of phenolic OH excluding ortho intramolecular Hbond substituents is 1. The molecule has 0 aromatic heterocycles. The van der Waals surface area contributed by atoms with E-state index in [4.69, 9.17) is 9.47 Å². The van der Waals surface area contributed by atoms with Crippen LogP contribution in [0, 0.1) is 6.92 Å². The second kappa shape index (κ2) is 6.17. The Morgan fingerprint density at radius 2 is 1.67 bits per heavy atom. The lowest BCUT2D eigenvalue weighted by Crippen LogP contribution is -2.13. The van der Waals surface area contributed by atoms with E-state index in [9.17, 15) is 9.90 Å². The van der Waals surface area contributed by atoms with Gasteiger partial charge in [-0.05, 0) is 30.7 Å². The molecule has 110 valence electrons. The number of methoxy groups -OCH3 is 2. The number of benzene rings is 2. The molecule has 0 atom stereocenters. The van der Waals surface area contributed by atoms with E-state index in [1.165, 1.54) is 6.07 Å². The van der Waals surface area contributed by atoms with Crippen LogP contribution < -0.4 is 14.8 Å². The summed E-state index contributed by atoms with van der Waals surface area (Å²) in [6.07, 6.45) is 0. The Kier molecular flexibility index (Phi) is 4.33. The topological polar surface area (TPSA) is 67.8 Å². The predicted octanol–water partition coefficient (Wildman–Crippen LogP) is 2.97. The molecule has 5 nitrogen and oxygen atoms in total. The monoisotopic (exact) mass is 287 g/mol. The molecule has 5 heteroatoms. The van der Waals surface area contributed by atoms with Crippen molar-refractivity contribution in [3.63, 3.8) is 0 Å². The van der Waals surface area contributed by atoms with Gasteiger partial charge < -0.3 is 19.9 Å². The van der Waals surface area contributed by atoms with E-state index in [1.54, 1.807) is 51.5 Å². The van der Waals surface area contributed by atoms with Crippen molar-refractivity contribution in [3.8, 4) is 17.2 Å². The molecule has 0 aliphatic rings. The van der Waals surface area contributed by atoms with Crippen LogP contribution in [0.1, 0.15) is 15.9 Å². The molecular formula is C16H17NO4. The van der Waals surface area contributed by atoms with E-state index >= 15 is 0 Å². The first-order valence-electron chi connectivity index (χ1n) is 6.37. The van der Waals surface area contributed by atoms with Crippen molar-refractivity contribution >= 4 is 11.6 Å². The predicted molar refractivity (Wildman–Crippen MR) is 80.3 cm³/mol. The first-order chi connectivity index (χ1) is 10.0. The molecule has 0 heterocycles. The molecule has 21 heavy (non-hydrogen) atoms. The number of aryl methyl sites for hydroxylation is 1. The Labute approximate surface area is 123 Å². The van der Waals surface area contributed by atoms with Crippen molar-refractivity contribution in [3.05, 3.63) is 47.5 Å². The minimum Gasteiger partial charge on any atom is -0.508 e. The number of amides is 1. The minimum absolute atomic E-state index is 0.132. The Bertz CT molecular complexity index is 645. The van der Waals surface area contributed by atoms with Gasteiger partial charge in [0.15, 0.2) is 0 Å². The van der Waals surface area contributed by atoms with Gasteiger partial charge in [-0.2, -0.15) is 0 Å². The minimum atomic E-state index is -0.261. The van der Waals surface area contributed by atoms with Crippen LogP contribution in [0.15, 0.2) is 36.4 Å². The van der Waals surface area contributed by atoms with Crippen molar-refractivity contribution in [1.82, 2.24) is 0 Å². The molecule has 0 fully saturated rings. The molecule has 2 rings (SSSR count). The fraction of sp³-hybridized carbons (Fsp3) is 0.188. The van der Waals surface area contributed by atoms with E-state index in [-0.39, 0.29) is 11.7 Å². The van der Waals surface area contributed by atoms with Gasteiger partial charge in [0, 0.05) is 29.4 Å². The molecule has 0 spiro atoms. The van der Waals surface area contributed by atoms with Crippen LogP contribution in [0.3, 0.4) is 0 Å².